The molecule has 5 nitrogen and oxygen atoms in total. The van der Waals surface area contributed by atoms with Crippen LogP contribution in [0, 0.1) is 5.82 Å². The summed E-state index contributed by atoms with van der Waals surface area (Å²) < 4.78 is 21.3. The van der Waals surface area contributed by atoms with Crippen LogP contribution >= 0.6 is 11.8 Å². The zero-order valence-corrected chi connectivity index (χ0v) is 19.2. The van der Waals surface area contributed by atoms with Crippen molar-refractivity contribution in [3.8, 4) is 11.3 Å². The SMILES string of the molecule is CC(c1ccc(F)cc1)N(C)C(=O)CSc1ncc(-c2ccccc2)n1CC1CCCO1. The molecule has 32 heavy (non-hydrogen) atoms. The average molecular weight is 454 g/mol. The molecular weight excluding hydrogens is 425 g/mol. The minimum Gasteiger partial charge on any atom is -0.376 e. The molecule has 1 amide bonds. The van der Waals surface area contributed by atoms with Crippen molar-refractivity contribution in [2.45, 2.75) is 43.6 Å². The van der Waals surface area contributed by atoms with Crippen molar-refractivity contribution in [3.05, 3.63) is 72.2 Å². The predicted octanol–water partition coefficient (Wildman–Crippen LogP) is 5.18. The summed E-state index contributed by atoms with van der Waals surface area (Å²) in [6.45, 7) is 3.47. The lowest BCUT2D eigenvalue weighted by Gasteiger charge is -2.25. The molecule has 1 saturated heterocycles. The number of halogens is 1. The molecular formula is C25H28FN3O2S. The first-order valence-electron chi connectivity index (χ1n) is 10.9. The van der Waals surface area contributed by atoms with Crippen LogP contribution < -0.4 is 0 Å². The van der Waals surface area contributed by atoms with E-state index in [1.165, 1.54) is 23.9 Å². The number of nitrogens with zero attached hydrogens (tertiary/aromatic N) is 3. The normalized spacial score (nSPS) is 16.8. The predicted molar refractivity (Wildman–Crippen MR) is 125 cm³/mol. The van der Waals surface area contributed by atoms with Gasteiger partial charge in [-0.2, -0.15) is 0 Å². The number of carbonyl (C=O) groups excluding carboxylic acids is 1. The first-order valence-corrected chi connectivity index (χ1v) is 11.9. The number of thioether (sulfide) groups is 1. The van der Waals surface area contributed by atoms with Gasteiger partial charge in [-0.3, -0.25) is 4.79 Å². The molecule has 0 N–H and O–H groups in total. The highest BCUT2D eigenvalue weighted by Crippen LogP contribution is 2.29. The zero-order valence-electron chi connectivity index (χ0n) is 18.4. The number of aromatic nitrogens is 2. The molecule has 0 bridgehead atoms. The number of carbonyl (C=O) groups is 1. The van der Waals surface area contributed by atoms with Gasteiger partial charge in [0.05, 0.1) is 36.3 Å². The van der Waals surface area contributed by atoms with Gasteiger partial charge in [-0.25, -0.2) is 9.37 Å². The molecule has 1 aliphatic rings. The molecule has 2 heterocycles. The Morgan fingerprint density at radius 2 is 2.00 bits per heavy atom. The highest BCUT2D eigenvalue weighted by Gasteiger charge is 2.23. The molecule has 7 heteroatoms. The minimum atomic E-state index is -0.280. The summed E-state index contributed by atoms with van der Waals surface area (Å²) in [6.07, 6.45) is 4.16. The second kappa shape index (κ2) is 10.3. The van der Waals surface area contributed by atoms with Gasteiger partial charge in [0.15, 0.2) is 5.16 Å². The van der Waals surface area contributed by atoms with Crippen LogP contribution in [0.2, 0.25) is 0 Å². The van der Waals surface area contributed by atoms with E-state index in [4.69, 9.17) is 4.74 Å². The number of hydrogen-bond donors (Lipinski definition) is 0. The van der Waals surface area contributed by atoms with Crippen molar-refractivity contribution in [2.75, 3.05) is 19.4 Å². The van der Waals surface area contributed by atoms with Gasteiger partial charge in [0.25, 0.3) is 0 Å². The van der Waals surface area contributed by atoms with E-state index >= 15 is 0 Å². The molecule has 1 aliphatic heterocycles. The van der Waals surface area contributed by atoms with Crippen LogP contribution in [-0.4, -0.2) is 45.9 Å². The van der Waals surface area contributed by atoms with E-state index in [1.807, 2.05) is 31.3 Å². The van der Waals surface area contributed by atoms with Gasteiger partial charge in [-0.05, 0) is 43.0 Å². The molecule has 0 spiro atoms. The topological polar surface area (TPSA) is 47.4 Å². The van der Waals surface area contributed by atoms with Crippen LogP contribution in [0.4, 0.5) is 4.39 Å². The maximum Gasteiger partial charge on any atom is 0.233 e. The van der Waals surface area contributed by atoms with Gasteiger partial charge in [-0.15, -0.1) is 0 Å². The van der Waals surface area contributed by atoms with Crippen LogP contribution in [0.1, 0.15) is 31.4 Å². The van der Waals surface area contributed by atoms with Crippen molar-refractivity contribution < 1.29 is 13.9 Å². The number of amides is 1. The Kier molecular flexibility index (Phi) is 7.27. The fourth-order valence-corrected chi connectivity index (χ4v) is 4.80. The third kappa shape index (κ3) is 5.22. The van der Waals surface area contributed by atoms with Crippen molar-refractivity contribution in [1.29, 1.82) is 0 Å². The van der Waals surface area contributed by atoms with E-state index < -0.39 is 0 Å². The smallest absolute Gasteiger partial charge is 0.233 e. The third-order valence-electron chi connectivity index (χ3n) is 5.95. The average Bonchev–Trinajstić information content (AvgIpc) is 3.48. The summed E-state index contributed by atoms with van der Waals surface area (Å²) in [6, 6.07) is 16.3. The van der Waals surface area contributed by atoms with Crippen molar-refractivity contribution in [2.24, 2.45) is 0 Å². The van der Waals surface area contributed by atoms with Gasteiger partial charge < -0.3 is 14.2 Å². The maximum absolute atomic E-state index is 13.2. The first kappa shape index (κ1) is 22.6. The highest BCUT2D eigenvalue weighted by atomic mass is 32.2. The van der Waals surface area contributed by atoms with E-state index in [-0.39, 0.29) is 29.6 Å². The van der Waals surface area contributed by atoms with Gasteiger partial charge in [0, 0.05) is 13.7 Å². The second-order valence-electron chi connectivity index (χ2n) is 8.06. The Bertz CT molecular complexity index is 1030. The van der Waals surface area contributed by atoms with Crippen molar-refractivity contribution in [3.63, 3.8) is 0 Å². The van der Waals surface area contributed by atoms with Crippen LogP contribution in [0.25, 0.3) is 11.3 Å². The Balaban J connectivity index is 1.47. The summed E-state index contributed by atoms with van der Waals surface area (Å²) in [5.74, 6) is -0.00347. The molecule has 2 atom stereocenters. The molecule has 0 radical (unpaired) electrons. The van der Waals surface area contributed by atoms with Gasteiger partial charge in [0.2, 0.25) is 5.91 Å². The zero-order chi connectivity index (χ0) is 22.5. The largest absolute Gasteiger partial charge is 0.376 e. The highest BCUT2D eigenvalue weighted by molar-refractivity contribution is 7.99. The quantitative estimate of drug-likeness (QED) is 0.441. The monoisotopic (exact) mass is 453 g/mol. The van der Waals surface area contributed by atoms with Crippen LogP contribution in [-0.2, 0) is 16.1 Å². The Morgan fingerprint density at radius 1 is 1.25 bits per heavy atom. The van der Waals surface area contributed by atoms with E-state index in [0.29, 0.717) is 0 Å². The van der Waals surface area contributed by atoms with Crippen molar-refractivity contribution in [1.82, 2.24) is 14.5 Å². The van der Waals surface area contributed by atoms with Gasteiger partial charge >= 0.3 is 0 Å². The molecule has 4 rings (SSSR count). The van der Waals surface area contributed by atoms with E-state index in [1.54, 1.807) is 24.1 Å². The number of hydrogen-bond acceptors (Lipinski definition) is 4. The summed E-state index contributed by atoms with van der Waals surface area (Å²) in [5.41, 5.74) is 3.03. The lowest BCUT2D eigenvalue weighted by molar-refractivity contribution is -0.128. The number of imidazole rings is 1. The summed E-state index contributed by atoms with van der Waals surface area (Å²) in [5, 5.41) is 0.815. The van der Waals surface area contributed by atoms with E-state index in [9.17, 15) is 9.18 Å². The van der Waals surface area contributed by atoms with E-state index in [2.05, 4.69) is 21.7 Å². The fourth-order valence-electron chi connectivity index (χ4n) is 3.89. The number of ether oxygens (including phenoxy) is 1. The molecule has 2 aromatic carbocycles. The molecule has 2 unspecified atom stereocenters. The number of benzene rings is 2. The first-order chi connectivity index (χ1) is 15.5. The van der Waals surface area contributed by atoms with Crippen LogP contribution in [0.15, 0.2) is 66.0 Å². The number of rotatable bonds is 8. The third-order valence-corrected chi connectivity index (χ3v) is 6.93. The molecule has 1 fully saturated rings. The maximum atomic E-state index is 13.2. The molecule has 0 aliphatic carbocycles. The summed E-state index contributed by atoms with van der Waals surface area (Å²) >= 11 is 1.44. The Hall–Kier alpha value is -2.64. The van der Waals surface area contributed by atoms with Crippen LogP contribution in [0.3, 0.4) is 0 Å². The van der Waals surface area contributed by atoms with Crippen molar-refractivity contribution >= 4 is 17.7 Å². The summed E-state index contributed by atoms with van der Waals surface area (Å²) in [7, 11) is 1.78. The fraction of sp³-hybridized carbons (Fsp3) is 0.360. The Labute approximate surface area is 192 Å². The molecule has 168 valence electrons. The molecule has 0 saturated carbocycles. The summed E-state index contributed by atoms with van der Waals surface area (Å²) in [4.78, 5) is 19.2. The molecule has 3 aromatic rings. The van der Waals surface area contributed by atoms with Crippen LogP contribution in [0.5, 0.6) is 0 Å². The van der Waals surface area contributed by atoms with Gasteiger partial charge in [-0.1, -0.05) is 54.2 Å². The minimum absolute atomic E-state index is 0.000229. The standard InChI is InChI=1S/C25H28FN3O2S/c1-18(19-10-12-21(26)13-11-19)28(2)24(30)17-32-25-27-15-23(20-7-4-3-5-8-20)29(25)16-22-9-6-14-31-22/h3-5,7-8,10-13,15,18,22H,6,9,14,16-17H2,1-2H3. The Morgan fingerprint density at radius 3 is 2.69 bits per heavy atom. The molecule has 1 aromatic heterocycles. The van der Waals surface area contributed by atoms with Gasteiger partial charge in [0.1, 0.15) is 5.82 Å². The lowest BCUT2D eigenvalue weighted by Crippen LogP contribution is -2.31. The lowest BCUT2D eigenvalue weighted by atomic mass is 10.1. The van der Waals surface area contributed by atoms with E-state index in [0.717, 1.165) is 48.0 Å². The second-order valence-corrected chi connectivity index (χ2v) is 9.00.